The number of alkyl halides is 1. The molecule has 0 fully saturated rings. The summed E-state index contributed by atoms with van der Waals surface area (Å²) in [6, 6.07) is 0. The van der Waals surface area contributed by atoms with Gasteiger partial charge in [-0.2, -0.15) is 0 Å². The molecule has 2 heteroatoms. The minimum absolute atomic E-state index is 0.359. The molecule has 0 saturated carbocycles. The summed E-state index contributed by atoms with van der Waals surface area (Å²) in [5.41, 5.74) is 0.359. The van der Waals surface area contributed by atoms with Crippen LogP contribution >= 0.6 is 15.9 Å². The van der Waals surface area contributed by atoms with Crippen LogP contribution in [-0.2, 0) is 4.74 Å². The zero-order chi connectivity index (χ0) is 10.5. The second-order valence-corrected chi connectivity index (χ2v) is 6.00. The molecule has 0 aromatic rings. The van der Waals surface area contributed by atoms with Crippen LogP contribution in [0.15, 0.2) is 0 Å². The Morgan fingerprint density at radius 1 is 1.23 bits per heavy atom. The van der Waals surface area contributed by atoms with Crippen molar-refractivity contribution in [2.75, 3.05) is 6.61 Å². The Morgan fingerprint density at radius 2 is 1.77 bits per heavy atom. The fourth-order valence-electron chi connectivity index (χ4n) is 1.01. The summed E-state index contributed by atoms with van der Waals surface area (Å²) in [4.78, 5) is 0.593. The lowest BCUT2D eigenvalue weighted by molar-refractivity contribution is 0.0749. The van der Waals surface area contributed by atoms with E-state index in [0.29, 0.717) is 16.3 Å². The standard InChI is InChI=1S/C11H23BrO/c1-9(2)13-8-6-7-10(12)11(3,4)5/h9-10H,6-8H2,1-5H3. The third-order valence-corrected chi connectivity index (χ3v) is 3.82. The van der Waals surface area contributed by atoms with Gasteiger partial charge in [-0.25, -0.2) is 0 Å². The fourth-order valence-corrected chi connectivity index (χ4v) is 1.34. The van der Waals surface area contributed by atoms with Gasteiger partial charge in [-0.1, -0.05) is 36.7 Å². The van der Waals surface area contributed by atoms with E-state index in [4.69, 9.17) is 4.74 Å². The molecule has 0 aliphatic heterocycles. The predicted octanol–water partition coefficient (Wildman–Crippen LogP) is 4.00. The molecule has 0 rings (SSSR count). The van der Waals surface area contributed by atoms with Gasteiger partial charge in [0.25, 0.3) is 0 Å². The molecule has 0 aromatic heterocycles. The van der Waals surface area contributed by atoms with Gasteiger partial charge in [0.1, 0.15) is 0 Å². The van der Waals surface area contributed by atoms with Crippen molar-refractivity contribution in [3.05, 3.63) is 0 Å². The molecular formula is C11H23BrO. The fraction of sp³-hybridized carbons (Fsp3) is 1.00. The number of hydrogen-bond acceptors (Lipinski definition) is 1. The van der Waals surface area contributed by atoms with Gasteiger partial charge in [0, 0.05) is 11.4 Å². The maximum absolute atomic E-state index is 5.48. The quantitative estimate of drug-likeness (QED) is 0.530. The van der Waals surface area contributed by atoms with E-state index in [1.807, 2.05) is 0 Å². The lowest BCUT2D eigenvalue weighted by Crippen LogP contribution is -2.20. The molecule has 1 atom stereocenters. The molecule has 0 heterocycles. The van der Waals surface area contributed by atoms with Crippen LogP contribution in [0.25, 0.3) is 0 Å². The van der Waals surface area contributed by atoms with Crippen LogP contribution in [0.1, 0.15) is 47.5 Å². The Bertz CT molecular complexity index is 127. The molecular weight excluding hydrogens is 228 g/mol. The van der Waals surface area contributed by atoms with Gasteiger partial charge in [-0.3, -0.25) is 0 Å². The van der Waals surface area contributed by atoms with Crippen LogP contribution in [0.3, 0.4) is 0 Å². The number of ether oxygens (including phenoxy) is 1. The number of rotatable bonds is 5. The van der Waals surface area contributed by atoms with Crippen molar-refractivity contribution in [3.8, 4) is 0 Å². The van der Waals surface area contributed by atoms with E-state index in [1.54, 1.807) is 0 Å². The second kappa shape index (κ2) is 6.02. The van der Waals surface area contributed by atoms with Gasteiger partial charge < -0.3 is 4.74 Å². The highest BCUT2D eigenvalue weighted by Gasteiger charge is 2.20. The van der Waals surface area contributed by atoms with Crippen LogP contribution in [0.4, 0.5) is 0 Å². The van der Waals surface area contributed by atoms with Crippen LogP contribution in [-0.4, -0.2) is 17.5 Å². The minimum atomic E-state index is 0.359. The summed E-state index contributed by atoms with van der Waals surface area (Å²) in [7, 11) is 0. The average molecular weight is 251 g/mol. The first-order chi connectivity index (χ1) is 5.84. The summed E-state index contributed by atoms with van der Waals surface area (Å²) in [6.07, 6.45) is 2.70. The maximum Gasteiger partial charge on any atom is 0.0518 e. The van der Waals surface area contributed by atoms with Crippen molar-refractivity contribution in [1.82, 2.24) is 0 Å². The molecule has 0 aliphatic carbocycles. The van der Waals surface area contributed by atoms with Crippen molar-refractivity contribution >= 4 is 15.9 Å². The molecule has 0 aromatic carbocycles. The first kappa shape index (κ1) is 13.4. The monoisotopic (exact) mass is 250 g/mol. The topological polar surface area (TPSA) is 9.23 Å². The normalized spacial score (nSPS) is 15.0. The Balaban J connectivity index is 3.43. The first-order valence-electron chi connectivity index (χ1n) is 5.09. The van der Waals surface area contributed by atoms with Gasteiger partial charge in [0.2, 0.25) is 0 Å². The SMILES string of the molecule is CC(C)OCCCC(Br)C(C)(C)C. The van der Waals surface area contributed by atoms with Gasteiger partial charge in [0.05, 0.1) is 6.10 Å². The van der Waals surface area contributed by atoms with Gasteiger partial charge in [-0.05, 0) is 32.1 Å². The third kappa shape index (κ3) is 7.51. The predicted molar refractivity (Wildman–Crippen MR) is 62.5 cm³/mol. The third-order valence-electron chi connectivity index (χ3n) is 1.99. The number of halogens is 1. The molecule has 1 nitrogen and oxygen atoms in total. The van der Waals surface area contributed by atoms with Gasteiger partial charge in [-0.15, -0.1) is 0 Å². The summed E-state index contributed by atoms with van der Waals surface area (Å²) >= 11 is 3.71. The second-order valence-electron chi connectivity index (χ2n) is 4.90. The molecule has 80 valence electrons. The Labute approximate surface area is 91.4 Å². The average Bonchev–Trinajstić information content (AvgIpc) is 1.95. The molecule has 0 N–H and O–H groups in total. The largest absolute Gasteiger partial charge is 0.379 e. The Kier molecular flexibility index (Phi) is 6.23. The lowest BCUT2D eigenvalue weighted by atomic mass is 9.90. The first-order valence-corrected chi connectivity index (χ1v) is 6.01. The smallest absolute Gasteiger partial charge is 0.0518 e. The highest BCUT2D eigenvalue weighted by molar-refractivity contribution is 9.09. The Hall–Kier alpha value is 0.440. The van der Waals surface area contributed by atoms with E-state index in [-0.39, 0.29) is 0 Å². The van der Waals surface area contributed by atoms with Crippen LogP contribution < -0.4 is 0 Å². The summed E-state index contributed by atoms with van der Waals surface area (Å²) in [5.74, 6) is 0. The van der Waals surface area contributed by atoms with Crippen molar-refractivity contribution in [3.63, 3.8) is 0 Å². The van der Waals surface area contributed by atoms with E-state index in [0.717, 1.165) is 13.0 Å². The van der Waals surface area contributed by atoms with E-state index in [9.17, 15) is 0 Å². The Morgan fingerprint density at radius 3 is 2.15 bits per heavy atom. The van der Waals surface area contributed by atoms with Crippen LogP contribution in [0.2, 0.25) is 0 Å². The zero-order valence-corrected chi connectivity index (χ0v) is 11.1. The van der Waals surface area contributed by atoms with E-state index in [1.165, 1.54) is 6.42 Å². The summed E-state index contributed by atoms with van der Waals surface area (Å²) in [5, 5.41) is 0. The molecule has 0 amide bonds. The highest BCUT2D eigenvalue weighted by atomic mass is 79.9. The van der Waals surface area contributed by atoms with Gasteiger partial charge in [0.15, 0.2) is 0 Å². The molecule has 0 spiro atoms. The summed E-state index contributed by atoms with van der Waals surface area (Å²) in [6.45, 7) is 11.8. The lowest BCUT2D eigenvalue weighted by Gasteiger charge is -2.25. The molecule has 0 bridgehead atoms. The van der Waals surface area contributed by atoms with E-state index < -0.39 is 0 Å². The van der Waals surface area contributed by atoms with Crippen LogP contribution in [0, 0.1) is 5.41 Å². The van der Waals surface area contributed by atoms with Crippen LogP contribution in [0.5, 0.6) is 0 Å². The molecule has 13 heavy (non-hydrogen) atoms. The minimum Gasteiger partial charge on any atom is -0.379 e. The van der Waals surface area contributed by atoms with Crippen molar-refractivity contribution < 1.29 is 4.74 Å². The molecule has 0 aliphatic rings. The van der Waals surface area contributed by atoms with Crippen molar-refractivity contribution in [2.45, 2.75) is 58.4 Å². The molecule has 0 radical (unpaired) electrons. The highest BCUT2D eigenvalue weighted by Crippen LogP contribution is 2.29. The number of hydrogen-bond donors (Lipinski definition) is 0. The molecule has 1 unspecified atom stereocenters. The van der Waals surface area contributed by atoms with Crippen molar-refractivity contribution in [2.24, 2.45) is 5.41 Å². The van der Waals surface area contributed by atoms with Gasteiger partial charge >= 0.3 is 0 Å². The maximum atomic E-state index is 5.48. The summed E-state index contributed by atoms with van der Waals surface area (Å²) < 4.78 is 5.48. The zero-order valence-electron chi connectivity index (χ0n) is 9.56. The molecule has 0 saturated heterocycles. The van der Waals surface area contributed by atoms with E-state index >= 15 is 0 Å². The van der Waals surface area contributed by atoms with Crippen molar-refractivity contribution in [1.29, 1.82) is 0 Å². The van der Waals surface area contributed by atoms with E-state index in [2.05, 4.69) is 50.5 Å².